The van der Waals surface area contributed by atoms with Crippen molar-refractivity contribution >= 4 is 11.8 Å². The second-order valence-corrected chi connectivity index (χ2v) is 5.06. The lowest BCUT2D eigenvalue weighted by Gasteiger charge is -2.06. The zero-order chi connectivity index (χ0) is 15.0. The number of carboxylic acids is 1. The second-order valence-electron chi connectivity index (χ2n) is 5.06. The van der Waals surface area contributed by atoms with Crippen molar-refractivity contribution in [3.05, 3.63) is 45.9 Å². The van der Waals surface area contributed by atoms with Gasteiger partial charge in [0.15, 0.2) is 5.82 Å². The number of rotatable bonds is 5. The Labute approximate surface area is 120 Å². The normalized spacial score (nSPS) is 14.1. The largest absolute Gasteiger partial charge is 0.478 e. The topological polar surface area (TPSA) is 97.4 Å². The minimum absolute atomic E-state index is 0.128. The molecule has 1 aliphatic carbocycles. The Morgan fingerprint density at radius 1 is 1.57 bits per heavy atom. The summed E-state index contributed by atoms with van der Waals surface area (Å²) in [6, 6.07) is 1.73. The minimum Gasteiger partial charge on any atom is -0.478 e. The van der Waals surface area contributed by atoms with Gasteiger partial charge in [0.05, 0.1) is 6.54 Å². The number of hydrogen-bond donors (Lipinski definition) is 2. The van der Waals surface area contributed by atoms with E-state index in [4.69, 9.17) is 9.52 Å². The van der Waals surface area contributed by atoms with E-state index in [1.165, 1.54) is 6.07 Å². The molecule has 0 radical (unpaired) electrons. The van der Waals surface area contributed by atoms with Gasteiger partial charge in [0.2, 0.25) is 0 Å². The van der Waals surface area contributed by atoms with E-state index >= 15 is 0 Å². The average molecular weight is 289 g/mol. The van der Waals surface area contributed by atoms with Crippen LogP contribution >= 0.6 is 0 Å². The van der Waals surface area contributed by atoms with Gasteiger partial charge >= 0.3 is 5.97 Å². The van der Waals surface area contributed by atoms with Gasteiger partial charge < -0.3 is 19.4 Å². The van der Waals surface area contributed by atoms with Gasteiger partial charge in [0.25, 0.3) is 5.56 Å². The van der Waals surface area contributed by atoms with E-state index in [1.54, 1.807) is 23.9 Å². The van der Waals surface area contributed by atoms with Crippen LogP contribution in [0, 0.1) is 6.92 Å². The van der Waals surface area contributed by atoms with E-state index in [0.717, 1.165) is 12.8 Å². The maximum absolute atomic E-state index is 12.2. The smallest absolute Gasteiger partial charge is 0.339 e. The lowest BCUT2D eigenvalue weighted by molar-refractivity contribution is 0.0695. The van der Waals surface area contributed by atoms with Gasteiger partial charge in [-0.2, -0.15) is 0 Å². The predicted molar refractivity (Wildman–Crippen MR) is 74.5 cm³/mol. The maximum atomic E-state index is 12.2. The highest BCUT2D eigenvalue weighted by molar-refractivity contribution is 5.88. The Morgan fingerprint density at radius 3 is 2.95 bits per heavy atom. The number of aromatic carboxylic acids is 1. The monoisotopic (exact) mass is 289 g/mol. The molecule has 0 bridgehead atoms. The van der Waals surface area contributed by atoms with Crippen LogP contribution in [0.2, 0.25) is 0 Å². The molecule has 21 heavy (non-hydrogen) atoms. The molecule has 0 saturated heterocycles. The standard InChI is InChI=1S/C14H15N3O4/c1-8-11(14(19)20)6-10(21-8)7-16-12-13(18)17(5-4-15-12)9-2-3-9/h4-6,9H,2-3,7H2,1H3,(H,15,16)(H,19,20). The third-order valence-electron chi connectivity index (χ3n) is 3.44. The second kappa shape index (κ2) is 5.08. The number of nitrogens with one attached hydrogen (secondary N) is 1. The molecule has 1 fully saturated rings. The van der Waals surface area contributed by atoms with Crippen LogP contribution in [0.5, 0.6) is 0 Å². The summed E-state index contributed by atoms with van der Waals surface area (Å²) >= 11 is 0. The third-order valence-corrected chi connectivity index (χ3v) is 3.44. The summed E-state index contributed by atoms with van der Waals surface area (Å²) in [5, 5.41) is 11.9. The van der Waals surface area contributed by atoms with E-state index in [0.29, 0.717) is 11.5 Å². The zero-order valence-electron chi connectivity index (χ0n) is 11.5. The highest BCUT2D eigenvalue weighted by atomic mass is 16.4. The minimum atomic E-state index is -1.03. The Kier molecular flexibility index (Phi) is 3.25. The van der Waals surface area contributed by atoms with Gasteiger partial charge in [0.1, 0.15) is 17.1 Å². The lowest BCUT2D eigenvalue weighted by Crippen LogP contribution is -2.23. The van der Waals surface area contributed by atoms with Crippen LogP contribution in [0.25, 0.3) is 0 Å². The average Bonchev–Trinajstić information content (AvgIpc) is 3.20. The number of hydrogen-bond acceptors (Lipinski definition) is 5. The number of furan rings is 1. The fourth-order valence-electron chi connectivity index (χ4n) is 2.20. The summed E-state index contributed by atoms with van der Waals surface area (Å²) in [5.41, 5.74) is -0.0371. The van der Waals surface area contributed by atoms with Crippen LogP contribution < -0.4 is 10.9 Å². The summed E-state index contributed by atoms with van der Waals surface area (Å²) in [6.45, 7) is 1.80. The Morgan fingerprint density at radius 2 is 2.33 bits per heavy atom. The molecule has 110 valence electrons. The molecule has 2 heterocycles. The summed E-state index contributed by atoms with van der Waals surface area (Å²) in [6.07, 6.45) is 5.30. The fourth-order valence-corrected chi connectivity index (χ4v) is 2.20. The van der Waals surface area contributed by atoms with E-state index in [-0.39, 0.29) is 29.5 Å². The molecule has 0 aliphatic heterocycles. The number of aromatic nitrogens is 2. The molecule has 2 aromatic rings. The number of carbonyl (C=O) groups is 1. The molecule has 1 aliphatic rings. The van der Waals surface area contributed by atoms with Crippen LogP contribution in [0.15, 0.2) is 27.7 Å². The number of carboxylic acid groups (broad SMARTS) is 1. The molecule has 7 nitrogen and oxygen atoms in total. The van der Waals surface area contributed by atoms with Crippen molar-refractivity contribution < 1.29 is 14.3 Å². The van der Waals surface area contributed by atoms with E-state index in [2.05, 4.69) is 10.3 Å². The Hall–Kier alpha value is -2.57. The molecule has 2 N–H and O–H groups in total. The predicted octanol–water partition coefficient (Wildman–Crippen LogP) is 1.79. The molecule has 0 atom stereocenters. The molecule has 0 unspecified atom stereocenters. The fraction of sp³-hybridized carbons (Fsp3) is 0.357. The number of aryl methyl sites for hydroxylation is 1. The van der Waals surface area contributed by atoms with Crippen LogP contribution in [-0.4, -0.2) is 20.6 Å². The van der Waals surface area contributed by atoms with Crippen LogP contribution in [0.1, 0.15) is 40.8 Å². The van der Waals surface area contributed by atoms with Gasteiger partial charge in [-0.15, -0.1) is 0 Å². The van der Waals surface area contributed by atoms with E-state index in [1.807, 2.05) is 0 Å². The van der Waals surface area contributed by atoms with Crippen LogP contribution in [0.3, 0.4) is 0 Å². The number of anilines is 1. The van der Waals surface area contributed by atoms with Crippen molar-refractivity contribution in [1.29, 1.82) is 0 Å². The molecule has 0 aromatic carbocycles. The Balaban J connectivity index is 1.76. The lowest BCUT2D eigenvalue weighted by atomic mass is 10.2. The summed E-state index contributed by atoms with van der Waals surface area (Å²) < 4.78 is 7.02. The first-order valence-corrected chi connectivity index (χ1v) is 6.70. The highest BCUT2D eigenvalue weighted by Crippen LogP contribution is 2.33. The van der Waals surface area contributed by atoms with Crippen molar-refractivity contribution in [3.63, 3.8) is 0 Å². The van der Waals surface area contributed by atoms with E-state index in [9.17, 15) is 9.59 Å². The molecule has 3 rings (SSSR count). The third kappa shape index (κ3) is 2.67. The zero-order valence-corrected chi connectivity index (χ0v) is 11.5. The first kappa shape index (κ1) is 13.4. The number of nitrogens with zero attached hydrogens (tertiary/aromatic N) is 2. The molecule has 1 saturated carbocycles. The summed E-state index contributed by atoms with van der Waals surface area (Å²) in [7, 11) is 0. The van der Waals surface area contributed by atoms with E-state index < -0.39 is 5.97 Å². The van der Waals surface area contributed by atoms with Crippen LogP contribution in [-0.2, 0) is 6.54 Å². The quantitative estimate of drug-likeness (QED) is 0.871. The maximum Gasteiger partial charge on any atom is 0.339 e. The van der Waals surface area contributed by atoms with Gasteiger partial charge in [-0.1, -0.05) is 0 Å². The van der Waals surface area contributed by atoms with Gasteiger partial charge in [0, 0.05) is 18.4 Å². The summed E-state index contributed by atoms with van der Waals surface area (Å²) in [5.74, 6) is 0.00962. The van der Waals surface area contributed by atoms with Crippen molar-refractivity contribution in [3.8, 4) is 0 Å². The van der Waals surface area contributed by atoms with Gasteiger partial charge in [-0.05, 0) is 25.8 Å². The molecular formula is C14H15N3O4. The first-order chi connectivity index (χ1) is 10.1. The molecule has 2 aromatic heterocycles. The van der Waals surface area contributed by atoms with Crippen LogP contribution in [0.4, 0.5) is 5.82 Å². The first-order valence-electron chi connectivity index (χ1n) is 6.70. The van der Waals surface area contributed by atoms with Crippen molar-refractivity contribution in [2.24, 2.45) is 0 Å². The van der Waals surface area contributed by atoms with Gasteiger partial charge in [-0.3, -0.25) is 4.79 Å². The Bertz CT molecular complexity index is 743. The van der Waals surface area contributed by atoms with Crippen molar-refractivity contribution in [2.45, 2.75) is 32.4 Å². The summed E-state index contributed by atoms with van der Waals surface area (Å²) in [4.78, 5) is 27.1. The van der Waals surface area contributed by atoms with Crippen molar-refractivity contribution in [1.82, 2.24) is 9.55 Å². The molecule has 0 spiro atoms. The van der Waals surface area contributed by atoms with Crippen molar-refractivity contribution in [2.75, 3.05) is 5.32 Å². The highest BCUT2D eigenvalue weighted by Gasteiger charge is 2.25. The molecule has 0 amide bonds. The SMILES string of the molecule is Cc1oc(CNc2nccn(C3CC3)c2=O)cc1C(=O)O. The van der Waals surface area contributed by atoms with Gasteiger partial charge in [-0.25, -0.2) is 9.78 Å². The molecular weight excluding hydrogens is 274 g/mol. The molecule has 7 heteroatoms.